The minimum atomic E-state index is -1.22. The van der Waals surface area contributed by atoms with Gasteiger partial charge in [-0.3, -0.25) is 4.79 Å². The normalized spacial score (nSPS) is 12.2. The Balaban J connectivity index is 2.99. The largest absolute Gasteiger partial charge is 0.508 e. The third-order valence-electron chi connectivity index (χ3n) is 2.89. The van der Waals surface area contributed by atoms with Crippen molar-refractivity contribution in [2.75, 3.05) is 11.9 Å². The Morgan fingerprint density at radius 1 is 1.37 bits per heavy atom. The van der Waals surface area contributed by atoms with Gasteiger partial charge >= 0.3 is 5.97 Å². The molecular weight excluding hydrogens is 248 g/mol. The van der Waals surface area contributed by atoms with Gasteiger partial charge in [0.1, 0.15) is 5.75 Å². The van der Waals surface area contributed by atoms with Crippen molar-refractivity contribution in [3.8, 4) is 5.75 Å². The molecule has 6 nitrogen and oxygen atoms in total. The van der Waals surface area contributed by atoms with Crippen molar-refractivity contribution in [2.24, 2.45) is 17.6 Å². The topological polar surface area (TPSA) is 113 Å². The van der Waals surface area contributed by atoms with Crippen LogP contribution in [-0.4, -0.2) is 28.6 Å². The SMILES string of the molecule is CC(C)C(CN)C(=O)Nc1ccc(O)cc1C(=O)O. The van der Waals surface area contributed by atoms with E-state index in [4.69, 9.17) is 10.8 Å². The molecule has 0 spiro atoms. The van der Waals surface area contributed by atoms with E-state index in [1.165, 1.54) is 12.1 Å². The van der Waals surface area contributed by atoms with Crippen molar-refractivity contribution < 1.29 is 19.8 Å². The minimum absolute atomic E-state index is 0.0513. The number of rotatable bonds is 5. The highest BCUT2D eigenvalue weighted by Crippen LogP contribution is 2.22. The van der Waals surface area contributed by atoms with Gasteiger partial charge in [-0.15, -0.1) is 0 Å². The monoisotopic (exact) mass is 266 g/mol. The molecule has 0 bridgehead atoms. The first-order valence-corrected chi connectivity index (χ1v) is 5.94. The summed E-state index contributed by atoms with van der Waals surface area (Å²) in [5.41, 5.74) is 5.52. The van der Waals surface area contributed by atoms with Crippen LogP contribution in [0.5, 0.6) is 5.75 Å². The molecule has 1 rings (SSSR count). The second-order valence-corrected chi connectivity index (χ2v) is 4.61. The third kappa shape index (κ3) is 3.69. The number of phenols is 1. The van der Waals surface area contributed by atoms with E-state index in [0.717, 1.165) is 6.07 Å². The standard InChI is InChI=1S/C13H18N2O4/c1-7(2)10(6-14)12(17)15-11-4-3-8(16)5-9(11)13(18)19/h3-5,7,10,16H,6,14H2,1-2H3,(H,15,17)(H,18,19). The molecule has 0 fully saturated rings. The Kier molecular flexibility index (Phi) is 4.88. The van der Waals surface area contributed by atoms with E-state index in [2.05, 4.69) is 5.32 Å². The lowest BCUT2D eigenvalue weighted by molar-refractivity contribution is -0.120. The predicted octanol–water partition coefficient (Wildman–Crippen LogP) is 1.26. The zero-order valence-electron chi connectivity index (χ0n) is 10.9. The number of carbonyl (C=O) groups excluding carboxylic acids is 1. The van der Waals surface area contributed by atoms with Crippen LogP contribution < -0.4 is 11.1 Å². The summed E-state index contributed by atoms with van der Waals surface area (Å²) in [6, 6.07) is 3.75. The molecule has 5 N–H and O–H groups in total. The summed E-state index contributed by atoms with van der Waals surface area (Å²) in [6.45, 7) is 3.92. The van der Waals surface area contributed by atoms with Crippen molar-refractivity contribution >= 4 is 17.6 Å². The van der Waals surface area contributed by atoms with E-state index >= 15 is 0 Å². The number of nitrogens with one attached hydrogen (secondary N) is 1. The van der Waals surface area contributed by atoms with Crippen LogP contribution in [0.3, 0.4) is 0 Å². The van der Waals surface area contributed by atoms with E-state index < -0.39 is 11.9 Å². The molecule has 6 heteroatoms. The second-order valence-electron chi connectivity index (χ2n) is 4.61. The van der Waals surface area contributed by atoms with Gasteiger partial charge in [0.15, 0.2) is 0 Å². The van der Waals surface area contributed by atoms with Gasteiger partial charge in [-0.2, -0.15) is 0 Å². The Morgan fingerprint density at radius 2 is 2.00 bits per heavy atom. The van der Waals surface area contributed by atoms with Crippen LogP contribution >= 0.6 is 0 Å². The van der Waals surface area contributed by atoms with E-state index in [1.807, 2.05) is 13.8 Å². The molecule has 104 valence electrons. The number of benzene rings is 1. The van der Waals surface area contributed by atoms with Crippen molar-refractivity contribution in [3.63, 3.8) is 0 Å². The highest BCUT2D eigenvalue weighted by molar-refractivity contribution is 6.01. The minimum Gasteiger partial charge on any atom is -0.508 e. The number of carbonyl (C=O) groups is 2. The smallest absolute Gasteiger partial charge is 0.337 e. The first-order valence-electron chi connectivity index (χ1n) is 5.94. The zero-order valence-corrected chi connectivity index (χ0v) is 10.9. The van der Waals surface area contributed by atoms with Gasteiger partial charge in [-0.25, -0.2) is 4.79 Å². The third-order valence-corrected chi connectivity index (χ3v) is 2.89. The molecule has 1 unspecified atom stereocenters. The van der Waals surface area contributed by atoms with E-state index in [0.29, 0.717) is 0 Å². The van der Waals surface area contributed by atoms with Crippen molar-refractivity contribution in [1.82, 2.24) is 0 Å². The van der Waals surface area contributed by atoms with Crippen LogP contribution in [0.1, 0.15) is 24.2 Å². The summed E-state index contributed by atoms with van der Waals surface area (Å²) in [7, 11) is 0. The van der Waals surface area contributed by atoms with Crippen molar-refractivity contribution in [2.45, 2.75) is 13.8 Å². The van der Waals surface area contributed by atoms with Crippen LogP contribution in [0.25, 0.3) is 0 Å². The summed E-state index contributed by atoms with van der Waals surface area (Å²) < 4.78 is 0. The molecule has 0 heterocycles. The molecule has 19 heavy (non-hydrogen) atoms. The molecular formula is C13H18N2O4. The summed E-state index contributed by atoms with van der Waals surface area (Å²) in [6.07, 6.45) is 0. The summed E-state index contributed by atoms with van der Waals surface area (Å²) in [5.74, 6) is -2.06. The average Bonchev–Trinajstić information content (AvgIpc) is 2.31. The summed E-state index contributed by atoms with van der Waals surface area (Å²) in [4.78, 5) is 23.0. The first kappa shape index (κ1) is 15.0. The lowest BCUT2D eigenvalue weighted by Gasteiger charge is -2.19. The highest BCUT2D eigenvalue weighted by Gasteiger charge is 2.22. The fraction of sp³-hybridized carbons (Fsp3) is 0.385. The Morgan fingerprint density at radius 3 is 2.47 bits per heavy atom. The molecule has 0 aliphatic carbocycles. The maximum absolute atomic E-state index is 12.0. The molecule has 1 aromatic carbocycles. The van der Waals surface area contributed by atoms with Gasteiger partial charge in [0, 0.05) is 6.54 Å². The van der Waals surface area contributed by atoms with E-state index in [1.54, 1.807) is 0 Å². The number of anilines is 1. The maximum atomic E-state index is 12.0. The predicted molar refractivity (Wildman–Crippen MR) is 71.1 cm³/mol. The van der Waals surface area contributed by atoms with E-state index in [9.17, 15) is 14.7 Å². The second kappa shape index (κ2) is 6.19. The number of carboxylic acids is 1. The van der Waals surface area contributed by atoms with Crippen LogP contribution in [0, 0.1) is 11.8 Å². The fourth-order valence-corrected chi connectivity index (χ4v) is 1.73. The lowest BCUT2D eigenvalue weighted by atomic mass is 9.95. The number of phenolic OH excluding ortho intramolecular Hbond substituents is 1. The van der Waals surface area contributed by atoms with Gasteiger partial charge in [0.2, 0.25) is 5.91 Å². The summed E-state index contributed by atoms with van der Waals surface area (Å²) in [5, 5.41) is 20.8. The van der Waals surface area contributed by atoms with Crippen molar-refractivity contribution in [1.29, 1.82) is 0 Å². The Bertz CT molecular complexity index is 486. The molecule has 0 aliphatic heterocycles. The number of aromatic hydroxyl groups is 1. The average molecular weight is 266 g/mol. The van der Waals surface area contributed by atoms with Crippen LogP contribution in [0.4, 0.5) is 5.69 Å². The molecule has 0 aliphatic rings. The van der Waals surface area contributed by atoms with Crippen molar-refractivity contribution in [3.05, 3.63) is 23.8 Å². The molecule has 1 aromatic rings. The van der Waals surface area contributed by atoms with Crippen LogP contribution in [0.2, 0.25) is 0 Å². The van der Waals surface area contributed by atoms with Gasteiger partial charge in [0.25, 0.3) is 0 Å². The van der Waals surface area contributed by atoms with Gasteiger partial charge < -0.3 is 21.3 Å². The van der Waals surface area contributed by atoms with Gasteiger partial charge in [-0.1, -0.05) is 13.8 Å². The first-order chi connectivity index (χ1) is 8.86. The fourth-order valence-electron chi connectivity index (χ4n) is 1.73. The molecule has 0 radical (unpaired) electrons. The maximum Gasteiger partial charge on any atom is 0.337 e. The molecule has 1 amide bonds. The number of hydrogen-bond donors (Lipinski definition) is 4. The number of amides is 1. The van der Waals surface area contributed by atoms with E-state index in [-0.39, 0.29) is 35.4 Å². The summed E-state index contributed by atoms with van der Waals surface area (Å²) >= 11 is 0. The van der Waals surface area contributed by atoms with Crippen LogP contribution in [-0.2, 0) is 4.79 Å². The number of hydrogen-bond acceptors (Lipinski definition) is 4. The highest BCUT2D eigenvalue weighted by atomic mass is 16.4. The Hall–Kier alpha value is -2.08. The molecule has 0 saturated heterocycles. The quantitative estimate of drug-likeness (QED) is 0.599. The number of aromatic carboxylic acids is 1. The molecule has 0 saturated carbocycles. The zero-order chi connectivity index (χ0) is 14.6. The molecule has 0 aromatic heterocycles. The lowest BCUT2D eigenvalue weighted by Crippen LogP contribution is -2.33. The Labute approximate surface area is 111 Å². The van der Waals surface area contributed by atoms with Gasteiger partial charge in [-0.05, 0) is 24.1 Å². The molecule has 1 atom stereocenters. The van der Waals surface area contributed by atoms with Crippen LogP contribution in [0.15, 0.2) is 18.2 Å². The van der Waals surface area contributed by atoms with Gasteiger partial charge in [0.05, 0.1) is 17.2 Å². The number of nitrogens with two attached hydrogens (primary N) is 1. The number of carboxylic acid groups (broad SMARTS) is 1.